The summed E-state index contributed by atoms with van der Waals surface area (Å²) in [6.45, 7) is 3.73. The van der Waals surface area contributed by atoms with Gasteiger partial charge >= 0.3 is 0 Å². The minimum absolute atomic E-state index is 0.601. The molecule has 0 fully saturated rings. The lowest BCUT2D eigenvalue weighted by Gasteiger charge is -2.15. The second-order valence-electron chi connectivity index (χ2n) is 3.42. The molecule has 0 rings (SSSR count). The zero-order valence-electron chi connectivity index (χ0n) is 9.51. The Morgan fingerprint density at radius 2 is 2.07 bits per heavy atom. The summed E-state index contributed by atoms with van der Waals surface area (Å²) < 4.78 is 5.29. The summed E-state index contributed by atoms with van der Waals surface area (Å²) in [6.07, 6.45) is 10.7. The van der Waals surface area contributed by atoms with Crippen LogP contribution in [-0.4, -0.2) is 26.3 Å². The van der Waals surface area contributed by atoms with E-state index in [1.54, 1.807) is 0 Å². The highest BCUT2D eigenvalue weighted by Crippen LogP contribution is 2.06. The molecule has 14 heavy (non-hydrogen) atoms. The Labute approximate surface area is 88.4 Å². The zero-order chi connectivity index (χ0) is 10.6. The molecule has 0 saturated heterocycles. The average molecular weight is 197 g/mol. The van der Waals surface area contributed by atoms with Gasteiger partial charge in [-0.2, -0.15) is 0 Å². The summed E-state index contributed by atoms with van der Waals surface area (Å²) in [5, 5.41) is 3.31. The van der Waals surface area contributed by atoms with Gasteiger partial charge in [0.2, 0.25) is 0 Å². The summed E-state index contributed by atoms with van der Waals surface area (Å²) in [7, 11) is 2.02. The molecule has 1 atom stereocenters. The van der Waals surface area contributed by atoms with E-state index in [0.717, 1.165) is 32.5 Å². The van der Waals surface area contributed by atoms with E-state index in [1.165, 1.54) is 12.8 Å². The number of terminal acetylenes is 1. The molecule has 0 aromatic carbocycles. The van der Waals surface area contributed by atoms with Crippen molar-refractivity contribution in [1.29, 1.82) is 0 Å². The first kappa shape index (κ1) is 13.5. The van der Waals surface area contributed by atoms with Crippen molar-refractivity contribution in [3.8, 4) is 12.3 Å². The normalized spacial score (nSPS) is 12.4. The predicted molar refractivity (Wildman–Crippen MR) is 61.3 cm³/mol. The lowest BCUT2D eigenvalue weighted by molar-refractivity contribution is 0.140. The van der Waals surface area contributed by atoms with Gasteiger partial charge in [-0.15, -0.1) is 12.3 Å². The van der Waals surface area contributed by atoms with E-state index in [0.29, 0.717) is 6.04 Å². The fraction of sp³-hybridized carbons (Fsp3) is 0.833. The second-order valence-corrected chi connectivity index (χ2v) is 3.42. The highest BCUT2D eigenvalue weighted by Gasteiger charge is 2.04. The van der Waals surface area contributed by atoms with Crippen LogP contribution in [0.4, 0.5) is 0 Å². The summed E-state index contributed by atoms with van der Waals surface area (Å²) in [5.41, 5.74) is 0. The standard InChI is InChI=1S/C12H23NO/c1-4-6-7-9-12(13-3)10-8-11-14-5-2/h1,12-13H,5-11H2,2-3H3. The van der Waals surface area contributed by atoms with Crippen LogP contribution in [0.15, 0.2) is 0 Å². The lowest BCUT2D eigenvalue weighted by atomic mass is 10.1. The van der Waals surface area contributed by atoms with Gasteiger partial charge in [-0.3, -0.25) is 0 Å². The average Bonchev–Trinajstić information content (AvgIpc) is 2.22. The molecule has 0 amide bonds. The molecule has 0 aromatic rings. The molecule has 2 nitrogen and oxygen atoms in total. The Balaban J connectivity index is 3.34. The molecule has 0 aromatic heterocycles. The molecular weight excluding hydrogens is 174 g/mol. The first-order valence-electron chi connectivity index (χ1n) is 5.53. The van der Waals surface area contributed by atoms with Crippen LogP contribution in [0.3, 0.4) is 0 Å². The predicted octanol–water partition coefficient (Wildman–Crippen LogP) is 2.19. The van der Waals surface area contributed by atoms with Gasteiger partial charge in [0.15, 0.2) is 0 Å². The highest BCUT2D eigenvalue weighted by atomic mass is 16.5. The van der Waals surface area contributed by atoms with E-state index in [9.17, 15) is 0 Å². The first-order valence-corrected chi connectivity index (χ1v) is 5.53. The molecule has 2 heteroatoms. The van der Waals surface area contributed by atoms with Crippen molar-refractivity contribution in [2.24, 2.45) is 0 Å². The Morgan fingerprint density at radius 3 is 2.64 bits per heavy atom. The third kappa shape index (κ3) is 8.10. The van der Waals surface area contributed by atoms with Crippen molar-refractivity contribution >= 4 is 0 Å². The van der Waals surface area contributed by atoms with Crippen molar-refractivity contribution < 1.29 is 4.74 Å². The maximum Gasteiger partial charge on any atom is 0.0466 e. The van der Waals surface area contributed by atoms with E-state index in [4.69, 9.17) is 11.2 Å². The number of hydrogen-bond acceptors (Lipinski definition) is 2. The third-order valence-corrected chi connectivity index (χ3v) is 2.33. The topological polar surface area (TPSA) is 21.3 Å². The molecule has 82 valence electrons. The number of ether oxygens (including phenoxy) is 1. The monoisotopic (exact) mass is 197 g/mol. The minimum atomic E-state index is 0.601. The molecule has 1 N–H and O–H groups in total. The molecular formula is C12H23NO. The SMILES string of the molecule is C#CCCCC(CCCOCC)NC. The van der Waals surface area contributed by atoms with Gasteiger partial charge in [-0.1, -0.05) is 0 Å². The molecule has 0 aliphatic carbocycles. The molecule has 0 bridgehead atoms. The van der Waals surface area contributed by atoms with E-state index >= 15 is 0 Å². The van der Waals surface area contributed by atoms with Gasteiger partial charge in [-0.25, -0.2) is 0 Å². The summed E-state index contributed by atoms with van der Waals surface area (Å²) in [5.74, 6) is 2.67. The van der Waals surface area contributed by atoms with Crippen molar-refractivity contribution in [2.45, 2.75) is 45.1 Å². The van der Waals surface area contributed by atoms with E-state index in [2.05, 4.69) is 11.2 Å². The Hall–Kier alpha value is -0.520. The molecule has 1 unspecified atom stereocenters. The number of nitrogens with one attached hydrogen (secondary N) is 1. The molecule has 0 spiro atoms. The zero-order valence-corrected chi connectivity index (χ0v) is 9.51. The smallest absolute Gasteiger partial charge is 0.0466 e. The van der Waals surface area contributed by atoms with Crippen molar-refractivity contribution in [1.82, 2.24) is 5.32 Å². The van der Waals surface area contributed by atoms with Crippen molar-refractivity contribution in [2.75, 3.05) is 20.3 Å². The van der Waals surface area contributed by atoms with Gasteiger partial charge in [0.25, 0.3) is 0 Å². The Bertz CT molecular complexity index is 151. The third-order valence-electron chi connectivity index (χ3n) is 2.33. The van der Waals surface area contributed by atoms with E-state index in [1.807, 2.05) is 14.0 Å². The van der Waals surface area contributed by atoms with Gasteiger partial charge in [-0.05, 0) is 39.7 Å². The first-order chi connectivity index (χ1) is 6.85. The fourth-order valence-electron chi connectivity index (χ4n) is 1.46. The van der Waals surface area contributed by atoms with Gasteiger partial charge in [0.1, 0.15) is 0 Å². The number of unbranched alkanes of at least 4 members (excludes halogenated alkanes) is 1. The van der Waals surface area contributed by atoms with Crippen molar-refractivity contribution in [3.05, 3.63) is 0 Å². The quantitative estimate of drug-likeness (QED) is 0.452. The van der Waals surface area contributed by atoms with Crippen LogP contribution >= 0.6 is 0 Å². The maximum atomic E-state index is 5.29. The summed E-state index contributed by atoms with van der Waals surface area (Å²) in [6, 6.07) is 0.601. The number of hydrogen-bond donors (Lipinski definition) is 1. The maximum absolute atomic E-state index is 5.29. The van der Waals surface area contributed by atoms with Gasteiger partial charge < -0.3 is 10.1 Å². The van der Waals surface area contributed by atoms with Crippen LogP contribution in [0, 0.1) is 12.3 Å². The van der Waals surface area contributed by atoms with E-state index < -0.39 is 0 Å². The molecule has 0 saturated carbocycles. The van der Waals surface area contributed by atoms with Crippen molar-refractivity contribution in [3.63, 3.8) is 0 Å². The van der Waals surface area contributed by atoms with Gasteiger partial charge in [0.05, 0.1) is 0 Å². The van der Waals surface area contributed by atoms with Crippen LogP contribution in [0.5, 0.6) is 0 Å². The molecule has 0 radical (unpaired) electrons. The molecule has 0 aliphatic rings. The number of rotatable bonds is 9. The lowest BCUT2D eigenvalue weighted by Crippen LogP contribution is -2.25. The summed E-state index contributed by atoms with van der Waals surface area (Å²) >= 11 is 0. The van der Waals surface area contributed by atoms with Crippen LogP contribution in [0.25, 0.3) is 0 Å². The van der Waals surface area contributed by atoms with Gasteiger partial charge in [0, 0.05) is 25.7 Å². The van der Waals surface area contributed by atoms with Crippen LogP contribution < -0.4 is 5.32 Å². The van der Waals surface area contributed by atoms with Crippen LogP contribution in [0.1, 0.15) is 39.0 Å². The van der Waals surface area contributed by atoms with E-state index in [-0.39, 0.29) is 0 Å². The largest absolute Gasteiger partial charge is 0.382 e. The highest BCUT2D eigenvalue weighted by molar-refractivity contribution is 4.83. The molecule has 0 aliphatic heterocycles. The minimum Gasteiger partial charge on any atom is -0.382 e. The van der Waals surface area contributed by atoms with Crippen LogP contribution in [0.2, 0.25) is 0 Å². The second kappa shape index (κ2) is 10.6. The summed E-state index contributed by atoms with van der Waals surface area (Å²) in [4.78, 5) is 0. The Morgan fingerprint density at radius 1 is 1.36 bits per heavy atom. The van der Waals surface area contributed by atoms with Crippen LogP contribution in [-0.2, 0) is 4.74 Å². The molecule has 0 heterocycles. The Kier molecular flexibility index (Phi) is 10.2. The fourth-order valence-corrected chi connectivity index (χ4v) is 1.46.